The van der Waals surface area contributed by atoms with Crippen molar-refractivity contribution in [2.75, 3.05) is 17.2 Å². The number of benzene rings is 2. The van der Waals surface area contributed by atoms with E-state index in [2.05, 4.69) is 32.5 Å². The van der Waals surface area contributed by atoms with Crippen LogP contribution in [-0.2, 0) is 9.59 Å². The summed E-state index contributed by atoms with van der Waals surface area (Å²) in [5.41, 5.74) is 4.13. The lowest BCUT2D eigenvalue weighted by Gasteiger charge is -2.11. The van der Waals surface area contributed by atoms with Crippen LogP contribution < -0.4 is 26.2 Å². The van der Waals surface area contributed by atoms with Crippen LogP contribution in [0.25, 0.3) is 0 Å². The zero-order valence-corrected chi connectivity index (χ0v) is 21.7. The second kappa shape index (κ2) is 14.8. The SMILES string of the molecule is C=CC(=O)Nc1cccc(Oc2nc(Nc3ccc(C(=O)NCCCCCCC(=O)NO)cc3)ncc2C)c1. The van der Waals surface area contributed by atoms with Crippen LogP contribution in [0.2, 0.25) is 0 Å². The van der Waals surface area contributed by atoms with Gasteiger partial charge in [-0.05, 0) is 62.2 Å². The van der Waals surface area contributed by atoms with Gasteiger partial charge in [0.25, 0.3) is 5.91 Å². The van der Waals surface area contributed by atoms with E-state index in [1.54, 1.807) is 60.2 Å². The van der Waals surface area contributed by atoms with Crippen LogP contribution in [-0.4, -0.2) is 39.4 Å². The van der Waals surface area contributed by atoms with Crippen molar-refractivity contribution < 1.29 is 24.3 Å². The first-order chi connectivity index (χ1) is 18.9. The van der Waals surface area contributed by atoms with Crippen molar-refractivity contribution in [1.29, 1.82) is 0 Å². The summed E-state index contributed by atoms with van der Waals surface area (Å²) < 4.78 is 5.93. The van der Waals surface area contributed by atoms with E-state index >= 15 is 0 Å². The molecule has 0 aliphatic heterocycles. The summed E-state index contributed by atoms with van der Waals surface area (Å²) >= 11 is 0. The van der Waals surface area contributed by atoms with E-state index in [9.17, 15) is 14.4 Å². The molecule has 3 rings (SSSR count). The second-order valence-electron chi connectivity index (χ2n) is 8.66. The maximum atomic E-state index is 12.4. The van der Waals surface area contributed by atoms with E-state index in [-0.39, 0.29) is 24.1 Å². The molecule has 0 fully saturated rings. The molecule has 3 amide bonds. The molecule has 0 spiro atoms. The highest BCUT2D eigenvalue weighted by Gasteiger charge is 2.10. The minimum atomic E-state index is -0.387. The fourth-order valence-corrected chi connectivity index (χ4v) is 3.49. The zero-order chi connectivity index (χ0) is 28.0. The standard InChI is InChI=1S/C28H32N6O5/c1-3-24(35)31-22-9-8-10-23(17-22)39-27-19(2)18-30-28(33-27)32-21-14-12-20(13-15-21)26(37)29-16-7-5-4-6-11-25(36)34-38/h3,8-10,12-15,17-18,38H,1,4-7,11,16H2,2H3,(H,29,37)(H,31,35)(H,34,36)(H,30,32,33). The van der Waals surface area contributed by atoms with Crippen molar-refractivity contribution in [3.8, 4) is 11.6 Å². The number of unbranched alkanes of at least 4 members (excludes halogenated alkanes) is 3. The number of aromatic nitrogens is 2. The number of carbonyl (C=O) groups is 3. The van der Waals surface area contributed by atoms with Crippen molar-refractivity contribution in [3.05, 3.63) is 78.5 Å². The topological polar surface area (TPSA) is 155 Å². The number of ether oxygens (including phenoxy) is 1. The van der Waals surface area contributed by atoms with E-state index in [1.807, 2.05) is 6.92 Å². The number of nitrogens with one attached hydrogen (secondary N) is 4. The summed E-state index contributed by atoms with van der Waals surface area (Å²) in [5, 5.41) is 17.1. The second-order valence-corrected chi connectivity index (χ2v) is 8.66. The Bertz CT molecular complexity index is 1300. The molecule has 0 radical (unpaired) electrons. The van der Waals surface area contributed by atoms with Gasteiger partial charge in [-0.15, -0.1) is 0 Å². The average Bonchev–Trinajstić information content (AvgIpc) is 2.94. The first-order valence-electron chi connectivity index (χ1n) is 12.5. The molecule has 39 heavy (non-hydrogen) atoms. The largest absolute Gasteiger partial charge is 0.438 e. The van der Waals surface area contributed by atoms with Crippen molar-refractivity contribution >= 4 is 35.0 Å². The quantitative estimate of drug-likeness (QED) is 0.0871. The summed E-state index contributed by atoms with van der Waals surface area (Å²) in [6.07, 6.45) is 6.33. The minimum Gasteiger partial charge on any atom is -0.438 e. The maximum absolute atomic E-state index is 12.4. The molecule has 1 heterocycles. The fraction of sp³-hybridized carbons (Fsp3) is 0.250. The monoisotopic (exact) mass is 532 g/mol. The summed E-state index contributed by atoms with van der Waals surface area (Å²) in [6, 6.07) is 13.9. The number of anilines is 3. The molecule has 0 unspecified atom stereocenters. The van der Waals surface area contributed by atoms with Gasteiger partial charge in [0, 0.05) is 47.7 Å². The lowest BCUT2D eigenvalue weighted by atomic mass is 10.1. The number of carbonyl (C=O) groups excluding carboxylic acids is 3. The summed E-state index contributed by atoms with van der Waals surface area (Å²) in [5.74, 6) is 0.290. The molecule has 0 bridgehead atoms. The highest BCUT2D eigenvalue weighted by atomic mass is 16.5. The molecule has 1 aromatic heterocycles. The third-order valence-corrected chi connectivity index (χ3v) is 5.57. The lowest BCUT2D eigenvalue weighted by Crippen LogP contribution is -2.24. The highest BCUT2D eigenvalue weighted by molar-refractivity contribution is 5.99. The third-order valence-electron chi connectivity index (χ3n) is 5.57. The molecule has 0 saturated heterocycles. The van der Waals surface area contributed by atoms with Gasteiger partial charge in [-0.2, -0.15) is 4.98 Å². The zero-order valence-electron chi connectivity index (χ0n) is 21.7. The molecule has 3 aromatic rings. The molecule has 0 aliphatic carbocycles. The van der Waals surface area contributed by atoms with Crippen LogP contribution in [0.1, 0.15) is 48.0 Å². The lowest BCUT2D eigenvalue weighted by molar-refractivity contribution is -0.129. The van der Waals surface area contributed by atoms with Gasteiger partial charge in [-0.25, -0.2) is 10.5 Å². The molecule has 11 heteroatoms. The van der Waals surface area contributed by atoms with Gasteiger partial charge in [0.1, 0.15) is 5.75 Å². The molecule has 2 aromatic carbocycles. The number of nitrogens with zero attached hydrogens (tertiary/aromatic N) is 2. The molecule has 5 N–H and O–H groups in total. The molecular weight excluding hydrogens is 500 g/mol. The average molecular weight is 533 g/mol. The number of hydroxylamine groups is 1. The smallest absolute Gasteiger partial charge is 0.251 e. The number of aryl methyl sites for hydroxylation is 1. The maximum Gasteiger partial charge on any atom is 0.251 e. The van der Waals surface area contributed by atoms with Gasteiger partial charge in [0.05, 0.1) is 0 Å². The van der Waals surface area contributed by atoms with E-state index in [0.717, 1.165) is 24.8 Å². The Hall–Kier alpha value is -4.77. The molecule has 0 aliphatic rings. The van der Waals surface area contributed by atoms with Gasteiger partial charge in [0.2, 0.25) is 23.6 Å². The predicted octanol–water partition coefficient (Wildman–Crippen LogP) is 4.63. The van der Waals surface area contributed by atoms with Gasteiger partial charge >= 0.3 is 0 Å². The van der Waals surface area contributed by atoms with Gasteiger partial charge in [-0.3, -0.25) is 19.6 Å². The van der Waals surface area contributed by atoms with Crippen LogP contribution in [0.4, 0.5) is 17.3 Å². The Balaban J connectivity index is 1.51. The van der Waals surface area contributed by atoms with E-state index in [4.69, 9.17) is 9.94 Å². The third kappa shape index (κ3) is 9.56. The van der Waals surface area contributed by atoms with Crippen LogP contribution in [0.15, 0.2) is 67.4 Å². The molecule has 11 nitrogen and oxygen atoms in total. The number of hydrogen-bond donors (Lipinski definition) is 5. The molecular formula is C28H32N6O5. The normalized spacial score (nSPS) is 10.3. The number of hydrogen-bond acceptors (Lipinski definition) is 8. The molecule has 0 saturated carbocycles. The first-order valence-corrected chi connectivity index (χ1v) is 12.5. The van der Waals surface area contributed by atoms with Crippen molar-refractivity contribution in [2.24, 2.45) is 0 Å². The Morgan fingerprint density at radius 1 is 1.03 bits per heavy atom. The van der Waals surface area contributed by atoms with E-state index in [1.165, 1.54) is 6.08 Å². The van der Waals surface area contributed by atoms with Crippen molar-refractivity contribution in [3.63, 3.8) is 0 Å². The van der Waals surface area contributed by atoms with E-state index in [0.29, 0.717) is 47.5 Å². The molecule has 204 valence electrons. The summed E-state index contributed by atoms with van der Waals surface area (Å²) in [7, 11) is 0. The highest BCUT2D eigenvalue weighted by Crippen LogP contribution is 2.26. The van der Waals surface area contributed by atoms with Gasteiger partial charge < -0.3 is 20.7 Å². The predicted molar refractivity (Wildman–Crippen MR) is 147 cm³/mol. The van der Waals surface area contributed by atoms with Gasteiger partial charge in [-0.1, -0.05) is 25.5 Å². The Kier molecular flexibility index (Phi) is 11.0. The van der Waals surface area contributed by atoms with Gasteiger partial charge in [0.15, 0.2) is 0 Å². The fourth-order valence-electron chi connectivity index (χ4n) is 3.49. The summed E-state index contributed by atoms with van der Waals surface area (Å²) in [6.45, 7) is 5.80. The van der Waals surface area contributed by atoms with Crippen LogP contribution in [0.5, 0.6) is 11.6 Å². The van der Waals surface area contributed by atoms with Crippen LogP contribution in [0.3, 0.4) is 0 Å². The Labute approximate surface area is 226 Å². The van der Waals surface area contributed by atoms with Crippen LogP contribution in [0, 0.1) is 6.92 Å². The Morgan fingerprint density at radius 2 is 1.79 bits per heavy atom. The van der Waals surface area contributed by atoms with Crippen molar-refractivity contribution in [2.45, 2.75) is 39.0 Å². The first kappa shape index (κ1) is 28.8. The Morgan fingerprint density at radius 3 is 2.54 bits per heavy atom. The minimum absolute atomic E-state index is 0.171. The van der Waals surface area contributed by atoms with E-state index < -0.39 is 0 Å². The van der Waals surface area contributed by atoms with Crippen LogP contribution >= 0.6 is 0 Å². The van der Waals surface area contributed by atoms with Crippen molar-refractivity contribution in [1.82, 2.24) is 20.8 Å². The summed E-state index contributed by atoms with van der Waals surface area (Å²) in [4.78, 5) is 43.7. The number of amides is 3. The number of rotatable bonds is 14. The molecule has 0 atom stereocenters.